The molecule has 1 aromatic carbocycles. The van der Waals surface area contributed by atoms with Gasteiger partial charge in [0.25, 0.3) is 0 Å². The predicted octanol–water partition coefficient (Wildman–Crippen LogP) is 4.61. The molecule has 1 amide bonds. The molecule has 0 unspecified atom stereocenters. The number of unbranched alkanes of at least 4 members (excludes halogenated alkanes) is 1. The Morgan fingerprint density at radius 2 is 1.76 bits per heavy atom. The second kappa shape index (κ2) is 9.89. The van der Waals surface area contributed by atoms with Gasteiger partial charge in [0.05, 0.1) is 22.5 Å². The second-order valence-electron chi connectivity index (χ2n) is 9.20. The molecule has 1 saturated heterocycles. The van der Waals surface area contributed by atoms with Crippen molar-refractivity contribution in [2.75, 3.05) is 31.1 Å². The molecule has 3 aromatic rings. The topological polar surface area (TPSA) is 67.2 Å². The first kappa shape index (κ1) is 23.2. The molecule has 2 aromatic heterocycles. The van der Waals surface area contributed by atoms with E-state index in [9.17, 15) is 4.79 Å². The molecule has 3 heterocycles. The lowest BCUT2D eigenvalue weighted by Crippen LogP contribution is -2.43. The number of carbonyl (C=O) groups excluding carboxylic acids is 1. The molecule has 0 N–H and O–H groups in total. The van der Waals surface area contributed by atoms with Crippen LogP contribution < -0.4 is 4.90 Å². The zero-order valence-corrected chi connectivity index (χ0v) is 20.6. The van der Waals surface area contributed by atoms with Crippen LogP contribution in [0.15, 0.2) is 24.3 Å². The summed E-state index contributed by atoms with van der Waals surface area (Å²) in [6.45, 7) is 13.7. The molecule has 0 atom stereocenters. The van der Waals surface area contributed by atoms with Crippen molar-refractivity contribution in [1.82, 2.24) is 24.9 Å². The molecule has 7 heteroatoms. The SMILES string of the molecule is CCCCN(CC)C(=O)C1CCN(c2nnc(C)c3c(C)n(-c4ccc(C)cc4)nc23)CC1. The Kier molecular flexibility index (Phi) is 6.96. The monoisotopic (exact) mass is 448 g/mol. The van der Waals surface area contributed by atoms with Gasteiger partial charge in [-0.05, 0) is 59.1 Å². The van der Waals surface area contributed by atoms with Crippen molar-refractivity contribution < 1.29 is 4.79 Å². The molecule has 1 aliphatic heterocycles. The van der Waals surface area contributed by atoms with E-state index in [-0.39, 0.29) is 5.92 Å². The summed E-state index contributed by atoms with van der Waals surface area (Å²) in [4.78, 5) is 17.3. The maximum Gasteiger partial charge on any atom is 0.225 e. The van der Waals surface area contributed by atoms with Crippen LogP contribution in [0, 0.1) is 26.7 Å². The summed E-state index contributed by atoms with van der Waals surface area (Å²) in [5.74, 6) is 1.23. The van der Waals surface area contributed by atoms with Crippen molar-refractivity contribution in [2.24, 2.45) is 5.92 Å². The van der Waals surface area contributed by atoms with Crippen LogP contribution in [0.25, 0.3) is 16.6 Å². The molecule has 4 rings (SSSR count). The summed E-state index contributed by atoms with van der Waals surface area (Å²) in [6, 6.07) is 8.40. The molecule has 33 heavy (non-hydrogen) atoms. The van der Waals surface area contributed by atoms with Gasteiger partial charge in [0, 0.05) is 32.1 Å². The van der Waals surface area contributed by atoms with Crippen molar-refractivity contribution in [3.63, 3.8) is 0 Å². The van der Waals surface area contributed by atoms with Gasteiger partial charge in [-0.15, -0.1) is 5.10 Å². The van der Waals surface area contributed by atoms with Crippen LogP contribution in [-0.4, -0.2) is 57.0 Å². The number of amides is 1. The smallest absolute Gasteiger partial charge is 0.225 e. The van der Waals surface area contributed by atoms with Crippen LogP contribution >= 0.6 is 0 Å². The number of hydrogen-bond acceptors (Lipinski definition) is 5. The average Bonchev–Trinajstić information content (AvgIpc) is 3.18. The minimum Gasteiger partial charge on any atom is -0.353 e. The summed E-state index contributed by atoms with van der Waals surface area (Å²) in [5.41, 5.74) is 5.12. The fourth-order valence-electron chi connectivity index (χ4n) is 4.83. The van der Waals surface area contributed by atoms with E-state index in [1.807, 2.05) is 16.5 Å². The van der Waals surface area contributed by atoms with Crippen molar-refractivity contribution >= 4 is 22.6 Å². The highest BCUT2D eigenvalue weighted by Gasteiger charge is 2.30. The fraction of sp³-hybridized carbons (Fsp3) is 0.538. The minimum atomic E-state index is 0.0961. The van der Waals surface area contributed by atoms with Gasteiger partial charge in [0.15, 0.2) is 5.82 Å². The third-order valence-electron chi connectivity index (χ3n) is 6.88. The molecular weight excluding hydrogens is 412 g/mol. The van der Waals surface area contributed by atoms with Gasteiger partial charge in [0.2, 0.25) is 5.91 Å². The molecule has 7 nitrogen and oxygen atoms in total. The zero-order valence-electron chi connectivity index (χ0n) is 20.6. The lowest BCUT2D eigenvalue weighted by molar-refractivity contribution is -0.136. The van der Waals surface area contributed by atoms with E-state index in [0.29, 0.717) is 5.91 Å². The molecule has 1 fully saturated rings. The molecule has 0 bridgehead atoms. The van der Waals surface area contributed by atoms with Gasteiger partial charge < -0.3 is 9.80 Å². The Labute approximate surface area is 196 Å². The molecule has 0 saturated carbocycles. The molecule has 1 aliphatic rings. The van der Waals surface area contributed by atoms with Gasteiger partial charge in [-0.1, -0.05) is 31.0 Å². The maximum atomic E-state index is 13.0. The number of aryl methyl sites for hydroxylation is 3. The van der Waals surface area contributed by atoms with Gasteiger partial charge in [-0.2, -0.15) is 10.2 Å². The minimum absolute atomic E-state index is 0.0961. The van der Waals surface area contributed by atoms with E-state index in [0.717, 1.165) is 85.7 Å². The van der Waals surface area contributed by atoms with Crippen molar-refractivity contribution in [3.05, 3.63) is 41.2 Å². The Morgan fingerprint density at radius 3 is 2.39 bits per heavy atom. The van der Waals surface area contributed by atoms with Gasteiger partial charge >= 0.3 is 0 Å². The van der Waals surface area contributed by atoms with Gasteiger partial charge in [-0.3, -0.25) is 4.79 Å². The van der Waals surface area contributed by atoms with Crippen molar-refractivity contribution in [1.29, 1.82) is 0 Å². The number of anilines is 1. The van der Waals surface area contributed by atoms with E-state index in [1.165, 1.54) is 5.56 Å². The number of rotatable bonds is 7. The third kappa shape index (κ3) is 4.59. The third-order valence-corrected chi connectivity index (χ3v) is 6.88. The standard InChI is InChI=1S/C26H36N6O/c1-6-8-15-30(7-2)26(33)21-13-16-31(17-14-21)25-24-23(19(4)27-28-25)20(5)32(29-24)22-11-9-18(3)10-12-22/h9-12,21H,6-8,13-17H2,1-5H3. The van der Waals surface area contributed by atoms with Crippen LogP contribution in [0.4, 0.5) is 5.82 Å². The Bertz CT molecular complexity index is 1110. The summed E-state index contributed by atoms with van der Waals surface area (Å²) >= 11 is 0. The number of carbonyl (C=O) groups is 1. The first-order valence-corrected chi connectivity index (χ1v) is 12.3. The number of aromatic nitrogens is 4. The number of piperidine rings is 1. The molecule has 0 radical (unpaired) electrons. The fourth-order valence-corrected chi connectivity index (χ4v) is 4.83. The normalized spacial score (nSPS) is 14.8. The van der Waals surface area contributed by atoms with E-state index >= 15 is 0 Å². The first-order valence-electron chi connectivity index (χ1n) is 12.3. The molecule has 176 valence electrons. The van der Waals surface area contributed by atoms with E-state index in [2.05, 4.69) is 67.1 Å². The predicted molar refractivity (Wildman–Crippen MR) is 133 cm³/mol. The summed E-state index contributed by atoms with van der Waals surface area (Å²) in [7, 11) is 0. The average molecular weight is 449 g/mol. The van der Waals surface area contributed by atoms with Crippen LogP contribution in [0.1, 0.15) is 56.5 Å². The molecular formula is C26H36N6O. The Balaban J connectivity index is 1.57. The van der Waals surface area contributed by atoms with Crippen LogP contribution in [-0.2, 0) is 4.79 Å². The summed E-state index contributed by atoms with van der Waals surface area (Å²) < 4.78 is 1.99. The summed E-state index contributed by atoms with van der Waals surface area (Å²) in [5, 5.41) is 15.1. The zero-order chi connectivity index (χ0) is 23.5. The Morgan fingerprint density at radius 1 is 1.06 bits per heavy atom. The quantitative estimate of drug-likeness (QED) is 0.528. The summed E-state index contributed by atoms with van der Waals surface area (Å²) in [6.07, 6.45) is 3.86. The number of hydrogen-bond donors (Lipinski definition) is 0. The first-order chi connectivity index (χ1) is 15.9. The molecule has 0 aliphatic carbocycles. The molecule has 0 spiro atoms. The maximum absolute atomic E-state index is 13.0. The highest BCUT2D eigenvalue weighted by Crippen LogP contribution is 2.32. The number of benzene rings is 1. The van der Waals surface area contributed by atoms with Crippen molar-refractivity contribution in [3.8, 4) is 5.69 Å². The highest BCUT2D eigenvalue weighted by molar-refractivity contribution is 5.92. The van der Waals surface area contributed by atoms with Crippen LogP contribution in [0.2, 0.25) is 0 Å². The lowest BCUT2D eigenvalue weighted by atomic mass is 9.95. The van der Waals surface area contributed by atoms with Gasteiger partial charge in [-0.25, -0.2) is 4.68 Å². The van der Waals surface area contributed by atoms with E-state index < -0.39 is 0 Å². The van der Waals surface area contributed by atoms with Gasteiger partial charge in [0.1, 0.15) is 5.52 Å². The lowest BCUT2D eigenvalue weighted by Gasteiger charge is -2.34. The Hall–Kier alpha value is -2.96. The van der Waals surface area contributed by atoms with Crippen molar-refractivity contribution in [2.45, 2.75) is 60.3 Å². The largest absolute Gasteiger partial charge is 0.353 e. The van der Waals surface area contributed by atoms with Crippen LogP contribution in [0.5, 0.6) is 0 Å². The van der Waals surface area contributed by atoms with Crippen LogP contribution in [0.3, 0.4) is 0 Å². The van der Waals surface area contributed by atoms with E-state index in [1.54, 1.807) is 0 Å². The second-order valence-corrected chi connectivity index (χ2v) is 9.20. The number of nitrogens with zero attached hydrogens (tertiary/aromatic N) is 6. The highest BCUT2D eigenvalue weighted by atomic mass is 16.2. The number of fused-ring (bicyclic) bond motifs is 1. The van der Waals surface area contributed by atoms with E-state index in [4.69, 9.17) is 5.10 Å².